The van der Waals surface area contributed by atoms with Gasteiger partial charge in [0.1, 0.15) is 6.17 Å². The summed E-state index contributed by atoms with van der Waals surface area (Å²) in [5, 5.41) is 10.9. The first-order valence-corrected chi connectivity index (χ1v) is 13.0. The first-order chi connectivity index (χ1) is 18.8. The molecule has 2 heterocycles. The number of likely N-dealkylation sites (N-methyl/N-ethyl adjacent to an activating group) is 1. The summed E-state index contributed by atoms with van der Waals surface area (Å²) in [6.07, 6.45) is 14.7. The molecule has 2 N–H and O–H groups in total. The molecule has 0 saturated carbocycles. The molecule has 1 aliphatic heterocycles. The Hall–Kier alpha value is -4.23. The molecule has 4 rings (SSSR count). The van der Waals surface area contributed by atoms with Crippen LogP contribution in [0.3, 0.4) is 0 Å². The number of nitrogens with one attached hydrogen (secondary N) is 2. The number of benzene rings is 2. The lowest BCUT2D eigenvalue weighted by Crippen LogP contribution is -2.47. The summed E-state index contributed by atoms with van der Waals surface area (Å²) in [6, 6.07) is 14.3. The average Bonchev–Trinajstić information content (AvgIpc) is 3.39. The van der Waals surface area contributed by atoms with Gasteiger partial charge in [0.05, 0.1) is 23.1 Å². The number of aryl methyl sites for hydroxylation is 1. The van der Waals surface area contributed by atoms with Crippen LogP contribution < -0.4 is 5.32 Å². The molecule has 2 unspecified atom stereocenters. The minimum absolute atomic E-state index is 0.182. The molecule has 1 aliphatic rings. The summed E-state index contributed by atoms with van der Waals surface area (Å²) in [7, 11) is 4.04. The van der Waals surface area contributed by atoms with Crippen molar-refractivity contribution >= 4 is 47.2 Å². The molecular weight excluding hydrogens is 506 g/mol. The first kappa shape index (κ1) is 27.8. The van der Waals surface area contributed by atoms with Gasteiger partial charge in [0.15, 0.2) is 0 Å². The van der Waals surface area contributed by atoms with E-state index in [2.05, 4.69) is 58.1 Å². The van der Waals surface area contributed by atoms with E-state index in [1.54, 1.807) is 12.3 Å². The molecule has 0 aliphatic carbocycles. The normalized spacial score (nSPS) is 17.2. The number of hydrogen-bond acceptors (Lipinski definition) is 6. The highest BCUT2D eigenvalue weighted by Crippen LogP contribution is 2.42. The van der Waals surface area contributed by atoms with Crippen molar-refractivity contribution in [3.63, 3.8) is 0 Å². The summed E-state index contributed by atoms with van der Waals surface area (Å²) < 4.78 is 2.04. The quantitative estimate of drug-likeness (QED) is 0.281. The van der Waals surface area contributed by atoms with Crippen LogP contribution in [0.2, 0.25) is 0 Å². The number of anilines is 1. The van der Waals surface area contributed by atoms with Gasteiger partial charge in [-0.15, -0.1) is 0 Å². The van der Waals surface area contributed by atoms with Crippen LogP contribution in [0.1, 0.15) is 36.2 Å². The fourth-order valence-corrected chi connectivity index (χ4v) is 5.25. The van der Waals surface area contributed by atoms with Crippen LogP contribution in [0.25, 0.3) is 5.03 Å². The Labute approximate surface area is 235 Å². The van der Waals surface area contributed by atoms with Crippen LogP contribution in [0.15, 0.2) is 95.1 Å². The topological polar surface area (TPSA) is 81.7 Å². The van der Waals surface area contributed by atoms with Crippen LogP contribution in [0, 0.1) is 5.41 Å². The zero-order chi connectivity index (χ0) is 28.0. The molecule has 2 atom stereocenters. The summed E-state index contributed by atoms with van der Waals surface area (Å²) >= 11 is 7.08. The standard InChI is InChI=1S/C31H34ClN7/c1-22(18-23-8-11-25(12-9-23)36-15-6-14-33)29(32)26-19-24(10-13-27(26)34-3)31(2,28-20-35-21-39(28)5)30-37-16-7-17-38(30)4/h6-17,19-21,30,33,36H,3,18H2,1-2,4-5H3/b15-6-,29-22-,33-14?. The summed E-state index contributed by atoms with van der Waals surface area (Å²) in [6.45, 7) is 8.04. The molecule has 0 fully saturated rings. The Balaban J connectivity index is 1.73. The van der Waals surface area contributed by atoms with Gasteiger partial charge in [-0.05, 0) is 80.1 Å². The van der Waals surface area contributed by atoms with Gasteiger partial charge in [-0.25, -0.2) is 4.98 Å². The van der Waals surface area contributed by atoms with Gasteiger partial charge in [-0.3, -0.25) is 9.98 Å². The van der Waals surface area contributed by atoms with E-state index in [4.69, 9.17) is 22.0 Å². The molecule has 0 amide bonds. The second-order valence-electron chi connectivity index (χ2n) is 9.80. The van der Waals surface area contributed by atoms with Crippen LogP contribution in [0.5, 0.6) is 0 Å². The maximum Gasteiger partial charge on any atom is 0.135 e. The summed E-state index contributed by atoms with van der Waals surface area (Å²) in [4.78, 5) is 15.7. The lowest BCUT2D eigenvalue weighted by Gasteiger charge is -2.41. The van der Waals surface area contributed by atoms with Crippen LogP contribution in [0.4, 0.5) is 11.4 Å². The van der Waals surface area contributed by atoms with Gasteiger partial charge in [0.25, 0.3) is 0 Å². The van der Waals surface area contributed by atoms with E-state index in [-0.39, 0.29) is 6.17 Å². The molecule has 0 saturated heterocycles. The summed E-state index contributed by atoms with van der Waals surface area (Å²) in [5.41, 5.74) is 6.25. The molecule has 0 radical (unpaired) electrons. The van der Waals surface area contributed by atoms with Gasteiger partial charge >= 0.3 is 0 Å². The highest BCUT2D eigenvalue weighted by atomic mass is 35.5. The van der Waals surface area contributed by atoms with Crippen molar-refractivity contribution < 1.29 is 0 Å². The number of halogens is 1. The number of allylic oxidation sites excluding steroid dienone is 3. The molecule has 200 valence electrons. The zero-order valence-electron chi connectivity index (χ0n) is 22.8. The van der Waals surface area contributed by atoms with Crippen molar-refractivity contribution in [3.8, 4) is 0 Å². The Bertz CT molecular complexity index is 1460. The van der Waals surface area contributed by atoms with Gasteiger partial charge < -0.3 is 20.2 Å². The monoisotopic (exact) mass is 539 g/mol. The van der Waals surface area contributed by atoms with E-state index in [1.807, 2.05) is 74.8 Å². The third-order valence-electron chi connectivity index (χ3n) is 7.13. The Kier molecular flexibility index (Phi) is 8.62. The van der Waals surface area contributed by atoms with Crippen molar-refractivity contribution in [1.29, 1.82) is 5.41 Å². The van der Waals surface area contributed by atoms with Crippen molar-refractivity contribution in [3.05, 3.63) is 107 Å². The zero-order valence-corrected chi connectivity index (χ0v) is 23.5. The molecule has 1 aromatic heterocycles. The Morgan fingerprint density at radius 1 is 1.23 bits per heavy atom. The van der Waals surface area contributed by atoms with E-state index in [1.165, 1.54) is 6.21 Å². The fraction of sp³-hybridized carbons (Fsp3) is 0.226. The number of rotatable bonds is 10. The second-order valence-corrected chi connectivity index (χ2v) is 10.2. The maximum absolute atomic E-state index is 7.08. The van der Waals surface area contributed by atoms with Crippen LogP contribution >= 0.6 is 11.6 Å². The molecule has 39 heavy (non-hydrogen) atoms. The van der Waals surface area contributed by atoms with E-state index in [0.717, 1.165) is 39.3 Å². The third-order valence-corrected chi connectivity index (χ3v) is 7.66. The second kappa shape index (κ2) is 12.1. The van der Waals surface area contributed by atoms with Crippen molar-refractivity contribution in [2.24, 2.45) is 17.0 Å². The van der Waals surface area contributed by atoms with Gasteiger partial charge in [-0.2, -0.15) is 0 Å². The Morgan fingerprint density at radius 3 is 2.64 bits per heavy atom. The Morgan fingerprint density at radius 2 is 2.00 bits per heavy atom. The van der Waals surface area contributed by atoms with Crippen molar-refractivity contribution in [2.75, 3.05) is 12.4 Å². The minimum atomic E-state index is -0.532. The number of imidazole rings is 1. The van der Waals surface area contributed by atoms with Crippen LogP contribution in [-0.4, -0.2) is 46.8 Å². The maximum atomic E-state index is 7.08. The predicted molar refractivity (Wildman–Crippen MR) is 165 cm³/mol. The molecule has 8 heteroatoms. The molecular formula is C31H34ClN7. The summed E-state index contributed by atoms with van der Waals surface area (Å²) in [5.74, 6) is 0. The molecule has 2 aromatic carbocycles. The van der Waals surface area contributed by atoms with E-state index < -0.39 is 5.41 Å². The lowest BCUT2D eigenvalue weighted by atomic mass is 9.75. The van der Waals surface area contributed by atoms with E-state index in [9.17, 15) is 0 Å². The number of aliphatic imine (C=N–C) groups is 2. The van der Waals surface area contributed by atoms with Crippen molar-refractivity contribution in [2.45, 2.75) is 31.8 Å². The van der Waals surface area contributed by atoms with Crippen LogP contribution in [-0.2, 0) is 18.9 Å². The predicted octanol–water partition coefficient (Wildman–Crippen LogP) is 6.70. The first-order valence-electron chi connectivity index (χ1n) is 12.7. The third kappa shape index (κ3) is 5.78. The molecule has 7 nitrogen and oxygen atoms in total. The number of hydrogen-bond donors (Lipinski definition) is 2. The molecule has 3 aromatic rings. The largest absolute Gasteiger partial charge is 0.362 e. The van der Waals surface area contributed by atoms with E-state index in [0.29, 0.717) is 11.5 Å². The number of nitrogens with zero attached hydrogens (tertiary/aromatic N) is 5. The molecule has 0 bridgehead atoms. The SMILES string of the molecule is C=Nc1ccc(C(C)(c2cncn2C)C2N=CC=CN2C)cc1/C(Cl)=C(\C)Cc1ccc(N/C=C\C=N)cc1. The highest BCUT2D eigenvalue weighted by molar-refractivity contribution is 6.49. The minimum Gasteiger partial charge on any atom is -0.362 e. The number of aromatic nitrogens is 2. The van der Waals surface area contributed by atoms with Crippen molar-refractivity contribution in [1.82, 2.24) is 14.5 Å². The smallest absolute Gasteiger partial charge is 0.135 e. The van der Waals surface area contributed by atoms with Gasteiger partial charge in [-0.1, -0.05) is 29.8 Å². The highest BCUT2D eigenvalue weighted by Gasteiger charge is 2.42. The fourth-order valence-electron chi connectivity index (χ4n) is 5.03. The molecule has 0 spiro atoms. The lowest BCUT2D eigenvalue weighted by molar-refractivity contribution is 0.238. The van der Waals surface area contributed by atoms with E-state index >= 15 is 0 Å². The average molecular weight is 540 g/mol. The van der Waals surface area contributed by atoms with Gasteiger partial charge in [0, 0.05) is 61.4 Å². The van der Waals surface area contributed by atoms with Gasteiger partial charge in [0.2, 0.25) is 0 Å².